The van der Waals surface area contributed by atoms with E-state index >= 15 is 0 Å². The summed E-state index contributed by atoms with van der Waals surface area (Å²) in [5, 5.41) is 1.37. The van der Waals surface area contributed by atoms with Crippen molar-refractivity contribution in [3.05, 3.63) is 60.2 Å². The van der Waals surface area contributed by atoms with Gasteiger partial charge >= 0.3 is 0 Å². The summed E-state index contributed by atoms with van der Waals surface area (Å²) in [5.41, 5.74) is 5.27. The van der Waals surface area contributed by atoms with Crippen LogP contribution in [0.2, 0.25) is 0 Å². The molecule has 0 saturated carbocycles. The van der Waals surface area contributed by atoms with Crippen LogP contribution in [0.5, 0.6) is 0 Å². The summed E-state index contributed by atoms with van der Waals surface area (Å²) >= 11 is 0. The molecule has 0 radical (unpaired) electrons. The topological polar surface area (TPSA) is 25.5 Å². The molecule has 0 bridgehead atoms. The lowest BCUT2D eigenvalue weighted by Crippen LogP contribution is -2.48. The standard InChI is InChI=1S/C26H36N4/c1-3-28(4-2)16-17-30-20-18-29(19-21-30)15-14-24-23-12-8-9-13-25(23)27-26(24)22-10-6-5-7-11-22/h5-13,27H,3-4,14-21H2,1-2H3. The van der Waals surface area contributed by atoms with Gasteiger partial charge in [0.1, 0.15) is 0 Å². The predicted octanol–water partition coefficient (Wildman–Crippen LogP) is 4.34. The van der Waals surface area contributed by atoms with Gasteiger partial charge in [0.15, 0.2) is 0 Å². The normalized spacial score (nSPS) is 16.0. The highest BCUT2D eigenvalue weighted by molar-refractivity contribution is 5.90. The van der Waals surface area contributed by atoms with Crippen molar-refractivity contribution in [1.29, 1.82) is 0 Å². The monoisotopic (exact) mass is 404 g/mol. The molecule has 160 valence electrons. The molecule has 4 heteroatoms. The maximum atomic E-state index is 3.68. The summed E-state index contributed by atoms with van der Waals surface area (Å²) in [6.07, 6.45) is 1.09. The fourth-order valence-corrected chi connectivity index (χ4v) is 4.64. The van der Waals surface area contributed by atoms with E-state index in [0.717, 1.165) is 26.1 Å². The summed E-state index contributed by atoms with van der Waals surface area (Å²) in [5.74, 6) is 0. The quantitative estimate of drug-likeness (QED) is 0.574. The van der Waals surface area contributed by atoms with Crippen LogP contribution < -0.4 is 0 Å². The molecule has 2 aromatic carbocycles. The highest BCUT2D eigenvalue weighted by Gasteiger charge is 2.19. The first-order valence-electron chi connectivity index (χ1n) is 11.6. The number of benzene rings is 2. The van der Waals surface area contributed by atoms with E-state index in [1.165, 1.54) is 67.0 Å². The van der Waals surface area contributed by atoms with Crippen molar-refractivity contribution in [2.45, 2.75) is 20.3 Å². The van der Waals surface area contributed by atoms with Crippen LogP contribution in [0.1, 0.15) is 19.4 Å². The summed E-state index contributed by atoms with van der Waals surface area (Å²) in [7, 11) is 0. The molecule has 2 heterocycles. The van der Waals surface area contributed by atoms with Crippen LogP contribution in [0.3, 0.4) is 0 Å². The summed E-state index contributed by atoms with van der Waals surface area (Å²) in [6.45, 7) is 15.1. The molecule has 0 amide bonds. The lowest BCUT2D eigenvalue weighted by molar-refractivity contribution is 0.121. The number of nitrogens with one attached hydrogen (secondary N) is 1. The Balaban J connectivity index is 1.38. The number of piperazine rings is 1. The first kappa shape index (κ1) is 21.1. The van der Waals surface area contributed by atoms with Gasteiger partial charge in [-0.1, -0.05) is 62.4 Å². The second kappa shape index (κ2) is 10.3. The SMILES string of the molecule is CCN(CC)CCN1CCN(CCc2c(-c3ccccc3)[nH]c3ccccc23)CC1. The number of nitrogens with zero attached hydrogens (tertiary/aromatic N) is 3. The zero-order valence-electron chi connectivity index (χ0n) is 18.6. The van der Waals surface area contributed by atoms with E-state index in [0.29, 0.717) is 0 Å². The molecule has 1 aliphatic heterocycles. The number of hydrogen-bond acceptors (Lipinski definition) is 3. The number of aromatic amines is 1. The average Bonchev–Trinajstić information content (AvgIpc) is 3.18. The van der Waals surface area contributed by atoms with Gasteiger partial charge < -0.3 is 14.8 Å². The minimum absolute atomic E-state index is 1.09. The molecular weight excluding hydrogens is 368 g/mol. The Kier molecular flexibility index (Phi) is 7.21. The molecule has 1 N–H and O–H groups in total. The number of para-hydroxylation sites is 1. The maximum absolute atomic E-state index is 3.68. The molecule has 0 aliphatic carbocycles. The van der Waals surface area contributed by atoms with E-state index < -0.39 is 0 Å². The maximum Gasteiger partial charge on any atom is 0.0497 e. The Labute approximate surface area is 181 Å². The molecule has 0 unspecified atom stereocenters. The third-order valence-electron chi connectivity index (χ3n) is 6.65. The van der Waals surface area contributed by atoms with Crippen LogP contribution in [0.4, 0.5) is 0 Å². The third kappa shape index (κ3) is 4.94. The molecule has 4 nitrogen and oxygen atoms in total. The van der Waals surface area contributed by atoms with Crippen molar-refractivity contribution in [3.63, 3.8) is 0 Å². The van der Waals surface area contributed by atoms with Gasteiger partial charge in [0.25, 0.3) is 0 Å². The van der Waals surface area contributed by atoms with E-state index in [2.05, 4.69) is 88.1 Å². The van der Waals surface area contributed by atoms with Crippen LogP contribution in [-0.4, -0.2) is 78.6 Å². The Bertz CT molecular complexity index is 905. The van der Waals surface area contributed by atoms with Crippen molar-refractivity contribution >= 4 is 10.9 Å². The van der Waals surface area contributed by atoms with E-state index in [1.807, 2.05) is 0 Å². The fourth-order valence-electron chi connectivity index (χ4n) is 4.64. The molecular formula is C26H36N4. The number of likely N-dealkylation sites (N-methyl/N-ethyl adjacent to an activating group) is 1. The van der Waals surface area contributed by atoms with Crippen LogP contribution in [0, 0.1) is 0 Å². The number of rotatable bonds is 9. The molecule has 1 fully saturated rings. The zero-order valence-corrected chi connectivity index (χ0v) is 18.6. The minimum Gasteiger partial charge on any atom is -0.354 e. The minimum atomic E-state index is 1.09. The van der Waals surface area contributed by atoms with Gasteiger partial charge in [-0.05, 0) is 36.7 Å². The first-order valence-corrected chi connectivity index (χ1v) is 11.6. The smallest absolute Gasteiger partial charge is 0.0497 e. The van der Waals surface area contributed by atoms with Crippen molar-refractivity contribution < 1.29 is 0 Å². The Morgan fingerprint density at radius 1 is 0.800 bits per heavy atom. The summed E-state index contributed by atoms with van der Waals surface area (Å²) in [6, 6.07) is 19.5. The Morgan fingerprint density at radius 2 is 1.43 bits per heavy atom. The van der Waals surface area contributed by atoms with E-state index in [9.17, 15) is 0 Å². The summed E-state index contributed by atoms with van der Waals surface area (Å²) in [4.78, 5) is 11.5. The van der Waals surface area contributed by atoms with E-state index in [1.54, 1.807) is 0 Å². The highest BCUT2D eigenvalue weighted by Crippen LogP contribution is 2.30. The van der Waals surface area contributed by atoms with E-state index in [-0.39, 0.29) is 0 Å². The van der Waals surface area contributed by atoms with Gasteiger partial charge in [-0.3, -0.25) is 4.90 Å². The van der Waals surface area contributed by atoms with E-state index in [4.69, 9.17) is 0 Å². The van der Waals surface area contributed by atoms with Crippen LogP contribution in [-0.2, 0) is 6.42 Å². The molecule has 30 heavy (non-hydrogen) atoms. The van der Waals surface area contributed by atoms with Crippen molar-refractivity contribution in [1.82, 2.24) is 19.7 Å². The number of aromatic nitrogens is 1. The number of fused-ring (bicyclic) bond motifs is 1. The molecule has 0 spiro atoms. The Hall–Kier alpha value is -2.14. The molecule has 1 saturated heterocycles. The van der Waals surface area contributed by atoms with Gasteiger partial charge in [-0.15, -0.1) is 0 Å². The van der Waals surface area contributed by atoms with Gasteiger partial charge in [-0.25, -0.2) is 0 Å². The predicted molar refractivity (Wildman–Crippen MR) is 128 cm³/mol. The molecule has 4 rings (SSSR count). The third-order valence-corrected chi connectivity index (χ3v) is 6.65. The average molecular weight is 405 g/mol. The molecule has 0 atom stereocenters. The van der Waals surface area contributed by atoms with Crippen LogP contribution >= 0.6 is 0 Å². The van der Waals surface area contributed by atoms with Gasteiger partial charge in [0.05, 0.1) is 0 Å². The largest absolute Gasteiger partial charge is 0.354 e. The number of hydrogen-bond donors (Lipinski definition) is 1. The van der Waals surface area contributed by atoms with Crippen LogP contribution in [0.25, 0.3) is 22.2 Å². The van der Waals surface area contributed by atoms with Crippen molar-refractivity contribution in [3.8, 4) is 11.3 Å². The van der Waals surface area contributed by atoms with Crippen molar-refractivity contribution in [2.24, 2.45) is 0 Å². The lowest BCUT2D eigenvalue weighted by Gasteiger charge is -2.35. The lowest BCUT2D eigenvalue weighted by atomic mass is 10.0. The molecule has 1 aromatic heterocycles. The second-order valence-corrected chi connectivity index (χ2v) is 8.35. The van der Waals surface area contributed by atoms with Crippen molar-refractivity contribution in [2.75, 3.05) is 58.9 Å². The molecule has 3 aromatic rings. The number of H-pyrrole nitrogens is 1. The second-order valence-electron chi connectivity index (χ2n) is 8.35. The van der Waals surface area contributed by atoms with Gasteiger partial charge in [0.2, 0.25) is 0 Å². The molecule has 1 aliphatic rings. The van der Waals surface area contributed by atoms with Gasteiger partial charge in [0, 0.05) is 62.4 Å². The van der Waals surface area contributed by atoms with Crippen LogP contribution in [0.15, 0.2) is 54.6 Å². The fraction of sp³-hybridized carbons (Fsp3) is 0.462. The first-order chi connectivity index (χ1) is 14.8. The Morgan fingerprint density at radius 3 is 2.13 bits per heavy atom. The highest BCUT2D eigenvalue weighted by atomic mass is 15.3. The zero-order chi connectivity index (χ0) is 20.8. The van der Waals surface area contributed by atoms with Gasteiger partial charge in [-0.2, -0.15) is 0 Å². The summed E-state index contributed by atoms with van der Waals surface area (Å²) < 4.78 is 0.